The van der Waals surface area contributed by atoms with Gasteiger partial charge in [-0.3, -0.25) is 0 Å². The number of hydrogen-bond donors (Lipinski definition) is 0. The van der Waals surface area contributed by atoms with Crippen molar-refractivity contribution in [3.05, 3.63) is 34.4 Å². The Hall–Kier alpha value is -0.800. The van der Waals surface area contributed by atoms with E-state index in [1.807, 2.05) is 0 Å². The molecule has 92 valence electrons. The molecule has 0 atom stereocenters. The topological polar surface area (TPSA) is 14.2 Å². The van der Waals surface area contributed by atoms with Gasteiger partial charge >= 0.3 is 0 Å². The van der Waals surface area contributed by atoms with Gasteiger partial charge in [0, 0.05) is 27.6 Å². The van der Waals surface area contributed by atoms with Crippen molar-refractivity contribution in [2.45, 2.75) is 40.0 Å². The molecule has 0 saturated carbocycles. The van der Waals surface area contributed by atoms with Crippen LogP contribution in [-0.4, -0.2) is 10.7 Å². The van der Waals surface area contributed by atoms with Gasteiger partial charge in [0.2, 0.25) is 0 Å². The summed E-state index contributed by atoms with van der Waals surface area (Å²) in [5.41, 5.74) is 2.51. The fourth-order valence-corrected chi connectivity index (χ4v) is 2.52. The summed E-state index contributed by atoms with van der Waals surface area (Å²) in [5.74, 6) is 0. The van der Waals surface area contributed by atoms with Crippen LogP contribution >= 0.6 is 15.9 Å². The monoisotopic (exact) mass is 295 g/mol. The summed E-state index contributed by atoms with van der Waals surface area (Å²) >= 11 is 3.60. The molecule has 0 unspecified atom stereocenters. The molecule has 0 aliphatic carbocycles. The van der Waals surface area contributed by atoms with Crippen LogP contribution in [0.25, 0.3) is 10.9 Å². The molecule has 0 spiro atoms. The summed E-state index contributed by atoms with van der Waals surface area (Å²) in [6.45, 7) is 7.94. The van der Waals surface area contributed by atoms with Gasteiger partial charge in [-0.05, 0) is 39.0 Å². The van der Waals surface area contributed by atoms with Gasteiger partial charge in [-0.15, -0.1) is 0 Å². The maximum Gasteiger partial charge on any atom is 0.0871 e. The van der Waals surface area contributed by atoms with Crippen molar-refractivity contribution >= 4 is 26.8 Å². The number of ether oxygens (including phenoxy) is 1. The molecule has 2 aromatic rings. The van der Waals surface area contributed by atoms with Crippen LogP contribution in [-0.2, 0) is 17.9 Å². The van der Waals surface area contributed by atoms with Crippen LogP contribution in [0.15, 0.2) is 28.7 Å². The van der Waals surface area contributed by atoms with Gasteiger partial charge in [0.25, 0.3) is 0 Å². The van der Waals surface area contributed by atoms with E-state index in [4.69, 9.17) is 4.74 Å². The van der Waals surface area contributed by atoms with E-state index in [2.05, 4.69) is 65.5 Å². The first-order chi connectivity index (χ1) is 8.13. The Morgan fingerprint density at radius 3 is 2.76 bits per heavy atom. The third kappa shape index (κ3) is 2.55. The Morgan fingerprint density at radius 2 is 2.12 bits per heavy atom. The standard InChI is InChI=1S/C14H18BrNO/c1-4-16-11(9-17-10(2)3)8-12-13(15)6-5-7-14(12)16/h5-8,10H,4,9H2,1-3H3. The van der Waals surface area contributed by atoms with Crippen molar-refractivity contribution in [3.8, 4) is 0 Å². The highest BCUT2D eigenvalue weighted by atomic mass is 79.9. The lowest BCUT2D eigenvalue weighted by atomic mass is 10.2. The highest BCUT2D eigenvalue weighted by Gasteiger charge is 2.10. The van der Waals surface area contributed by atoms with Crippen LogP contribution in [0.4, 0.5) is 0 Å². The summed E-state index contributed by atoms with van der Waals surface area (Å²) in [4.78, 5) is 0. The molecule has 1 aromatic carbocycles. The van der Waals surface area contributed by atoms with E-state index in [0.29, 0.717) is 6.61 Å². The molecule has 3 heteroatoms. The lowest BCUT2D eigenvalue weighted by Crippen LogP contribution is -2.07. The maximum atomic E-state index is 5.70. The van der Waals surface area contributed by atoms with E-state index >= 15 is 0 Å². The number of aryl methyl sites for hydroxylation is 1. The number of halogens is 1. The average Bonchev–Trinajstić information content (AvgIpc) is 2.65. The highest BCUT2D eigenvalue weighted by Crippen LogP contribution is 2.27. The fourth-order valence-electron chi connectivity index (χ4n) is 2.05. The Morgan fingerprint density at radius 1 is 1.35 bits per heavy atom. The van der Waals surface area contributed by atoms with Crippen molar-refractivity contribution < 1.29 is 4.74 Å². The first kappa shape index (κ1) is 12.7. The van der Waals surface area contributed by atoms with Gasteiger partial charge in [-0.1, -0.05) is 22.0 Å². The number of aromatic nitrogens is 1. The van der Waals surface area contributed by atoms with Crippen LogP contribution < -0.4 is 0 Å². The molecular weight excluding hydrogens is 278 g/mol. The van der Waals surface area contributed by atoms with Crippen molar-refractivity contribution in [1.29, 1.82) is 0 Å². The molecule has 0 bridgehead atoms. The number of hydrogen-bond acceptors (Lipinski definition) is 1. The summed E-state index contributed by atoms with van der Waals surface area (Å²) in [6.07, 6.45) is 0.266. The van der Waals surface area contributed by atoms with Crippen molar-refractivity contribution in [2.75, 3.05) is 0 Å². The normalized spacial score (nSPS) is 11.6. The van der Waals surface area contributed by atoms with Crippen LogP contribution in [0.1, 0.15) is 26.5 Å². The third-order valence-corrected chi connectivity index (χ3v) is 3.55. The average molecular weight is 296 g/mol. The van der Waals surface area contributed by atoms with Crippen molar-refractivity contribution in [3.63, 3.8) is 0 Å². The van der Waals surface area contributed by atoms with E-state index in [-0.39, 0.29) is 6.10 Å². The van der Waals surface area contributed by atoms with Gasteiger partial charge < -0.3 is 9.30 Å². The number of rotatable bonds is 4. The minimum atomic E-state index is 0.266. The van der Waals surface area contributed by atoms with E-state index in [1.165, 1.54) is 16.6 Å². The zero-order chi connectivity index (χ0) is 12.4. The minimum absolute atomic E-state index is 0.266. The molecule has 1 aromatic heterocycles. The molecule has 17 heavy (non-hydrogen) atoms. The Kier molecular flexibility index (Phi) is 3.89. The molecule has 0 N–H and O–H groups in total. The lowest BCUT2D eigenvalue weighted by molar-refractivity contribution is 0.0620. The molecule has 0 saturated heterocycles. The molecule has 0 aliphatic heterocycles. The molecular formula is C14H18BrNO. The van der Waals surface area contributed by atoms with Crippen molar-refractivity contribution in [1.82, 2.24) is 4.57 Å². The summed E-state index contributed by atoms with van der Waals surface area (Å²) in [6, 6.07) is 8.52. The van der Waals surface area contributed by atoms with Gasteiger partial charge in [0.05, 0.1) is 12.7 Å². The van der Waals surface area contributed by atoms with Crippen LogP contribution in [0.3, 0.4) is 0 Å². The largest absolute Gasteiger partial charge is 0.373 e. The van der Waals surface area contributed by atoms with E-state index < -0.39 is 0 Å². The molecule has 0 fully saturated rings. The zero-order valence-electron chi connectivity index (χ0n) is 10.5. The molecule has 0 radical (unpaired) electrons. The summed E-state index contributed by atoms with van der Waals surface area (Å²) in [5, 5.41) is 1.26. The predicted octanol–water partition coefficient (Wildman–Crippen LogP) is 4.35. The molecule has 2 rings (SSSR count). The molecule has 2 nitrogen and oxygen atoms in total. The molecule has 1 heterocycles. The summed E-state index contributed by atoms with van der Waals surface area (Å²) in [7, 11) is 0. The molecule has 0 amide bonds. The Labute approximate surface area is 111 Å². The smallest absolute Gasteiger partial charge is 0.0871 e. The van der Waals surface area contributed by atoms with Gasteiger partial charge in [-0.25, -0.2) is 0 Å². The number of nitrogens with zero attached hydrogens (tertiary/aromatic N) is 1. The third-order valence-electron chi connectivity index (χ3n) is 2.86. The fraction of sp³-hybridized carbons (Fsp3) is 0.429. The predicted molar refractivity (Wildman–Crippen MR) is 75.2 cm³/mol. The van der Waals surface area contributed by atoms with Gasteiger partial charge in [-0.2, -0.15) is 0 Å². The lowest BCUT2D eigenvalue weighted by Gasteiger charge is -2.10. The highest BCUT2D eigenvalue weighted by molar-refractivity contribution is 9.10. The van der Waals surface area contributed by atoms with E-state index in [1.54, 1.807) is 0 Å². The van der Waals surface area contributed by atoms with Gasteiger partial charge in [0.15, 0.2) is 0 Å². The van der Waals surface area contributed by atoms with Gasteiger partial charge in [0.1, 0.15) is 0 Å². The quantitative estimate of drug-likeness (QED) is 0.818. The molecule has 0 aliphatic rings. The Bertz CT molecular complexity index is 516. The zero-order valence-corrected chi connectivity index (χ0v) is 12.1. The second kappa shape index (κ2) is 5.23. The maximum absolute atomic E-state index is 5.70. The first-order valence-corrected chi connectivity index (χ1v) is 6.81. The second-order valence-corrected chi connectivity index (χ2v) is 5.27. The number of benzene rings is 1. The van der Waals surface area contributed by atoms with Crippen LogP contribution in [0.5, 0.6) is 0 Å². The number of fused-ring (bicyclic) bond motifs is 1. The second-order valence-electron chi connectivity index (χ2n) is 4.41. The SMILES string of the molecule is CCn1c(COC(C)C)cc2c(Br)cccc21. The van der Waals surface area contributed by atoms with Crippen LogP contribution in [0, 0.1) is 0 Å². The Balaban J connectivity index is 2.44. The van der Waals surface area contributed by atoms with Crippen molar-refractivity contribution in [2.24, 2.45) is 0 Å². The van der Waals surface area contributed by atoms with E-state index in [0.717, 1.165) is 11.0 Å². The minimum Gasteiger partial charge on any atom is -0.373 e. The first-order valence-electron chi connectivity index (χ1n) is 6.01. The summed E-state index contributed by atoms with van der Waals surface area (Å²) < 4.78 is 9.16. The van der Waals surface area contributed by atoms with Crippen LogP contribution in [0.2, 0.25) is 0 Å². The van der Waals surface area contributed by atoms with E-state index in [9.17, 15) is 0 Å².